The van der Waals surface area contributed by atoms with Crippen LogP contribution in [0, 0.1) is 6.92 Å². The van der Waals surface area contributed by atoms with Crippen molar-refractivity contribution in [2.45, 2.75) is 25.7 Å². The van der Waals surface area contributed by atoms with Crippen LogP contribution in [-0.4, -0.2) is 43.8 Å². The highest BCUT2D eigenvalue weighted by molar-refractivity contribution is 5.99. The molecule has 33 heavy (non-hydrogen) atoms. The molecule has 8 nitrogen and oxygen atoms in total. The van der Waals surface area contributed by atoms with E-state index in [0.29, 0.717) is 39.1 Å². The first-order valence-corrected chi connectivity index (χ1v) is 10.1. The first-order valence-electron chi connectivity index (χ1n) is 10.1. The van der Waals surface area contributed by atoms with Crippen molar-refractivity contribution in [2.75, 3.05) is 19.4 Å². The van der Waals surface area contributed by atoms with Gasteiger partial charge >= 0.3 is 6.18 Å². The molecule has 1 unspecified atom stereocenters. The van der Waals surface area contributed by atoms with Gasteiger partial charge in [-0.05, 0) is 30.7 Å². The summed E-state index contributed by atoms with van der Waals surface area (Å²) in [5, 5.41) is 0. The van der Waals surface area contributed by atoms with E-state index < -0.39 is 17.9 Å². The molecule has 5 rings (SSSR count). The lowest BCUT2D eigenvalue weighted by Crippen LogP contribution is -2.37. The molecular formula is C22H19F3N6O2. The summed E-state index contributed by atoms with van der Waals surface area (Å²) in [6.45, 7) is 1.90. The Kier molecular flexibility index (Phi) is 4.74. The van der Waals surface area contributed by atoms with E-state index in [0.717, 1.165) is 6.07 Å². The summed E-state index contributed by atoms with van der Waals surface area (Å²) in [4.78, 5) is 27.2. The molecule has 0 aliphatic carbocycles. The number of carbonyl (C=O) groups excluding carboxylic acids is 1. The number of nitrogens with zero attached hydrogens (tertiary/aromatic N) is 5. The van der Waals surface area contributed by atoms with Gasteiger partial charge in [-0.2, -0.15) is 13.2 Å². The normalized spacial score (nSPS) is 16.2. The maximum absolute atomic E-state index is 13.5. The number of rotatable bonds is 2. The van der Waals surface area contributed by atoms with Crippen LogP contribution < -0.4 is 5.73 Å². The van der Waals surface area contributed by atoms with Crippen LogP contribution in [-0.2, 0) is 17.5 Å². The zero-order chi connectivity index (χ0) is 23.5. The summed E-state index contributed by atoms with van der Waals surface area (Å²) in [5.74, 6) is 0.0260. The van der Waals surface area contributed by atoms with Gasteiger partial charge in [0.05, 0.1) is 48.5 Å². The predicted molar refractivity (Wildman–Crippen MR) is 113 cm³/mol. The first-order chi connectivity index (χ1) is 15.6. The highest BCUT2D eigenvalue weighted by Gasteiger charge is 2.36. The second kappa shape index (κ2) is 7.41. The van der Waals surface area contributed by atoms with E-state index in [2.05, 4.69) is 15.0 Å². The Balaban J connectivity index is 1.54. The Hall–Kier alpha value is -3.73. The number of ether oxygens (including phenoxy) is 1. The Morgan fingerprint density at radius 3 is 2.79 bits per heavy atom. The van der Waals surface area contributed by atoms with Crippen molar-refractivity contribution < 1.29 is 22.7 Å². The minimum absolute atomic E-state index is 0.0432. The summed E-state index contributed by atoms with van der Waals surface area (Å²) in [5.41, 5.74) is 8.75. The molecule has 1 aliphatic heterocycles. The number of imidazole rings is 1. The second-order valence-electron chi connectivity index (χ2n) is 7.98. The topological polar surface area (TPSA) is 98.6 Å². The smallest absolute Gasteiger partial charge is 0.382 e. The minimum atomic E-state index is -4.55. The fourth-order valence-electron chi connectivity index (χ4n) is 4.16. The van der Waals surface area contributed by atoms with Gasteiger partial charge in [-0.15, -0.1) is 0 Å². The Morgan fingerprint density at radius 2 is 2.03 bits per heavy atom. The number of anilines is 1. The molecular weight excluding hydrogens is 437 g/mol. The second-order valence-corrected chi connectivity index (χ2v) is 7.98. The van der Waals surface area contributed by atoms with Crippen molar-refractivity contribution >= 4 is 28.3 Å². The number of carbonyl (C=O) groups is 1. The average Bonchev–Trinajstić information content (AvgIpc) is 3.27. The molecule has 0 bridgehead atoms. The van der Waals surface area contributed by atoms with Gasteiger partial charge in [0.1, 0.15) is 17.0 Å². The van der Waals surface area contributed by atoms with Crippen molar-refractivity contribution in [3.05, 3.63) is 64.9 Å². The van der Waals surface area contributed by atoms with Gasteiger partial charge in [-0.3, -0.25) is 9.20 Å². The van der Waals surface area contributed by atoms with E-state index in [9.17, 15) is 18.0 Å². The van der Waals surface area contributed by atoms with Crippen LogP contribution >= 0.6 is 0 Å². The molecule has 0 saturated heterocycles. The molecule has 0 fully saturated rings. The molecule has 11 heteroatoms. The highest BCUT2D eigenvalue weighted by atomic mass is 19.4. The predicted octanol–water partition coefficient (Wildman–Crippen LogP) is 3.53. The largest absolute Gasteiger partial charge is 0.433 e. The number of halogens is 3. The number of nitrogen functional groups attached to an aromatic ring is 1. The van der Waals surface area contributed by atoms with Gasteiger partial charge in [0.15, 0.2) is 0 Å². The van der Waals surface area contributed by atoms with Gasteiger partial charge in [0.2, 0.25) is 0 Å². The summed E-state index contributed by atoms with van der Waals surface area (Å²) in [7, 11) is 1.60. The number of hydrogen-bond donors (Lipinski definition) is 1. The number of nitrogens with two attached hydrogens (primary N) is 1. The molecule has 1 aliphatic rings. The zero-order valence-electron chi connectivity index (χ0n) is 17.7. The number of benzene rings is 1. The monoisotopic (exact) mass is 456 g/mol. The standard InChI is InChI=1S/C22H19F3N6O2/c1-11-5-14-16(31-10-27-7-17(31)20(26)29-14)6-13(11)21(32)30(2)18-9-33-8-15-12(18)3-4-19(28-15)22(23,24)25/h3-7,10,18H,8-9H2,1-2H3,(H2,26,29). The van der Waals surface area contributed by atoms with Crippen molar-refractivity contribution in [2.24, 2.45) is 0 Å². The van der Waals surface area contributed by atoms with Gasteiger partial charge in [0, 0.05) is 18.2 Å². The summed E-state index contributed by atoms with van der Waals surface area (Å²) < 4.78 is 46.4. The van der Waals surface area contributed by atoms with Crippen LogP contribution in [0.5, 0.6) is 0 Å². The number of pyridine rings is 1. The van der Waals surface area contributed by atoms with Gasteiger partial charge < -0.3 is 15.4 Å². The third-order valence-electron chi connectivity index (χ3n) is 5.91. The van der Waals surface area contributed by atoms with Crippen LogP contribution in [0.15, 0.2) is 36.8 Å². The molecule has 1 amide bonds. The molecule has 4 heterocycles. The van der Waals surface area contributed by atoms with Crippen molar-refractivity contribution in [1.29, 1.82) is 0 Å². The van der Waals surface area contributed by atoms with Crippen LogP contribution in [0.2, 0.25) is 0 Å². The number of amides is 1. The Bertz CT molecular complexity index is 1420. The molecule has 0 saturated carbocycles. The molecule has 3 aromatic heterocycles. The van der Waals surface area contributed by atoms with Crippen LogP contribution in [0.25, 0.3) is 16.6 Å². The number of fused-ring (bicyclic) bond motifs is 4. The lowest BCUT2D eigenvalue weighted by atomic mass is 9.99. The number of aryl methyl sites for hydroxylation is 1. The maximum Gasteiger partial charge on any atom is 0.433 e. The number of alkyl halides is 3. The summed E-state index contributed by atoms with van der Waals surface area (Å²) >= 11 is 0. The van der Waals surface area contributed by atoms with Gasteiger partial charge in [-0.25, -0.2) is 15.0 Å². The zero-order valence-corrected chi connectivity index (χ0v) is 17.7. The lowest BCUT2D eigenvalue weighted by Gasteiger charge is -2.33. The van der Waals surface area contributed by atoms with E-state index in [4.69, 9.17) is 10.5 Å². The van der Waals surface area contributed by atoms with Crippen LogP contribution in [0.3, 0.4) is 0 Å². The summed E-state index contributed by atoms with van der Waals surface area (Å²) in [6.07, 6.45) is -1.37. The first kappa shape index (κ1) is 21.1. The quantitative estimate of drug-likeness (QED) is 0.496. The van der Waals surface area contributed by atoms with E-state index in [1.54, 1.807) is 43.0 Å². The maximum atomic E-state index is 13.5. The SMILES string of the molecule is Cc1cc2nc(N)c3cncn3c2cc1C(=O)N(C)C1COCc2nc(C(F)(F)F)ccc21. The van der Waals surface area contributed by atoms with Crippen molar-refractivity contribution in [3.63, 3.8) is 0 Å². The van der Waals surface area contributed by atoms with Crippen molar-refractivity contribution in [1.82, 2.24) is 24.3 Å². The minimum Gasteiger partial charge on any atom is -0.382 e. The Labute approximate surface area is 185 Å². The van der Waals surface area contributed by atoms with E-state index in [1.165, 1.54) is 11.0 Å². The summed E-state index contributed by atoms with van der Waals surface area (Å²) in [6, 6.07) is 5.22. The molecule has 0 radical (unpaired) electrons. The van der Waals surface area contributed by atoms with Gasteiger partial charge in [-0.1, -0.05) is 6.07 Å². The van der Waals surface area contributed by atoms with E-state index in [1.807, 2.05) is 0 Å². The fraction of sp³-hybridized carbons (Fsp3) is 0.273. The van der Waals surface area contributed by atoms with E-state index in [-0.39, 0.29) is 24.8 Å². The molecule has 4 aromatic rings. The van der Waals surface area contributed by atoms with Crippen LogP contribution in [0.4, 0.5) is 19.0 Å². The number of aromatic nitrogens is 4. The molecule has 0 spiro atoms. The third kappa shape index (κ3) is 3.44. The molecule has 1 atom stereocenters. The Morgan fingerprint density at radius 1 is 1.24 bits per heavy atom. The number of likely N-dealkylation sites (N-methyl/N-ethyl adjacent to an activating group) is 1. The number of hydrogen-bond acceptors (Lipinski definition) is 6. The average molecular weight is 456 g/mol. The van der Waals surface area contributed by atoms with Crippen LogP contribution in [0.1, 0.15) is 38.9 Å². The van der Waals surface area contributed by atoms with E-state index >= 15 is 0 Å². The lowest BCUT2D eigenvalue weighted by molar-refractivity contribution is -0.141. The highest BCUT2D eigenvalue weighted by Crippen LogP contribution is 2.34. The third-order valence-corrected chi connectivity index (χ3v) is 5.91. The molecule has 2 N–H and O–H groups in total. The van der Waals surface area contributed by atoms with Crippen molar-refractivity contribution in [3.8, 4) is 0 Å². The van der Waals surface area contributed by atoms with Gasteiger partial charge in [0.25, 0.3) is 5.91 Å². The molecule has 170 valence electrons. The fourth-order valence-corrected chi connectivity index (χ4v) is 4.16. The molecule has 1 aromatic carbocycles.